The van der Waals surface area contributed by atoms with Gasteiger partial charge in [0.15, 0.2) is 0 Å². The molecule has 2 aromatic rings. The SMILES string of the molecule is CCC(=O)N(Cc1ccccc1)C[C@H](O)c1ccco1. The minimum atomic E-state index is -0.802. The molecule has 0 bridgehead atoms. The van der Waals surface area contributed by atoms with Crippen LogP contribution in [0.3, 0.4) is 0 Å². The highest BCUT2D eigenvalue weighted by Crippen LogP contribution is 2.17. The zero-order valence-corrected chi connectivity index (χ0v) is 11.5. The van der Waals surface area contributed by atoms with Crippen LogP contribution in [-0.2, 0) is 11.3 Å². The number of aliphatic hydroxyl groups excluding tert-OH is 1. The summed E-state index contributed by atoms with van der Waals surface area (Å²) in [4.78, 5) is 13.7. The smallest absolute Gasteiger partial charge is 0.222 e. The number of rotatable bonds is 6. The van der Waals surface area contributed by atoms with Crippen LogP contribution < -0.4 is 0 Å². The Balaban J connectivity index is 2.06. The Kier molecular flexibility index (Phi) is 4.96. The third-order valence-corrected chi connectivity index (χ3v) is 3.14. The fourth-order valence-electron chi connectivity index (χ4n) is 2.06. The van der Waals surface area contributed by atoms with Crippen LogP contribution in [-0.4, -0.2) is 22.5 Å². The highest BCUT2D eigenvalue weighted by atomic mass is 16.4. The van der Waals surface area contributed by atoms with Crippen LogP contribution in [0.1, 0.15) is 30.8 Å². The Bertz CT molecular complexity index is 522. The molecular weight excluding hydrogens is 254 g/mol. The first-order chi connectivity index (χ1) is 9.70. The number of amides is 1. The molecule has 1 aromatic heterocycles. The monoisotopic (exact) mass is 273 g/mol. The summed E-state index contributed by atoms with van der Waals surface area (Å²) < 4.78 is 5.17. The molecule has 0 spiro atoms. The molecule has 1 heterocycles. The third kappa shape index (κ3) is 3.71. The Hall–Kier alpha value is -2.07. The van der Waals surface area contributed by atoms with Gasteiger partial charge in [-0.05, 0) is 17.7 Å². The van der Waals surface area contributed by atoms with Crippen LogP contribution in [0.4, 0.5) is 0 Å². The van der Waals surface area contributed by atoms with Gasteiger partial charge in [0.25, 0.3) is 0 Å². The van der Waals surface area contributed by atoms with Crippen molar-refractivity contribution >= 4 is 5.91 Å². The molecule has 4 nitrogen and oxygen atoms in total. The Morgan fingerprint density at radius 2 is 2.00 bits per heavy atom. The Labute approximate surface area is 118 Å². The van der Waals surface area contributed by atoms with E-state index in [4.69, 9.17) is 4.42 Å². The topological polar surface area (TPSA) is 53.7 Å². The molecule has 106 valence electrons. The number of carbonyl (C=O) groups excluding carboxylic acids is 1. The van der Waals surface area contributed by atoms with Gasteiger partial charge in [0.2, 0.25) is 5.91 Å². The van der Waals surface area contributed by atoms with Crippen molar-refractivity contribution in [2.24, 2.45) is 0 Å². The molecule has 0 aliphatic heterocycles. The van der Waals surface area contributed by atoms with E-state index in [2.05, 4.69) is 0 Å². The van der Waals surface area contributed by atoms with Crippen LogP contribution in [0, 0.1) is 0 Å². The first kappa shape index (κ1) is 14.3. The van der Waals surface area contributed by atoms with Crippen LogP contribution >= 0.6 is 0 Å². The Morgan fingerprint density at radius 3 is 2.60 bits per heavy atom. The highest BCUT2D eigenvalue weighted by molar-refractivity contribution is 5.75. The lowest BCUT2D eigenvalue weighted by Gasteiger charge is -2.24. The van der Waals surface area contributed by atoms with Crippen molar-refractivity contribution in [2.45, 2.75) is 26.0 Å². The molecule has 1 atom stereocenters. The number of nitrogens with zero attached hydrogens (tertiary/aromatic N) is 1. The van der Waals surface area contributed by atoms with Gasteiger partial charge in [-0.2, -0.15) is 0 Å². The van der Waals surface area contributed by atoms with Crippen molar-refractivity contribution < 1.29 is 14.3 Å². The van der Waals surface area contributed by atoms with Gasteiger partial charge < -0.3 is 14.4 Å². The molecule has 2 rings (SSSR count). The van der Waals surface area contributed by atoms with Crippen molar-refractivity contribution in [3.05, 3.63) is 60.1 Å². The average Bonchev–Trinajstić information content (AvgIpc) is 3.01. The van der Waals surface area contributed by atoms with E-state index >= 15 is 0 Å². The third-order valence-electron chi connectivity index (χ3n) is 3.14. The number of hydrogen-bond donors (Lipinski definition) is 1. The molecule has 1 amide bonds. The molecule has 1 N–H and O–H groups in total. The average molecular weight is 273 g/mol. The maximum atomic E-state index is 12.0. The van der Waals surface area contributed by atoms with E-state index in [1.165, 1.54) is 6.26 Å². The quantitative estimate of drug-likeness (QED) is 0.880. The normalized spacial score (nSPS) is 12.1. The van der Waals surface area contributed by atoms with Crippen molar-refractivity contribution in [3.8, 4) is 0 Å². The second-order valence-corrected chi connectivity index (χ2v) is 4.64. The van der Waals surface area contributed by atoms with Gasteiger partial charge in [0.05, 0.1) is 12.8 Å². The van der Waals surface area contributed by atoms with Crippen LogP contribution in [0.5, 0.6) is 0 Å². The maximum Gasteiger partial charge on any atom is 0.222 e. The minimum Gasteiger partial charge on any atom is -0.467 e. The predicted molar refractivity (Wildman–Crippen MR) is 75.8 cm³/mol. The van der Waals surface area contributed by atoms with Crippen LogP contribution in [0.2, 0.25) is 0 Å². The molecule has 0 saturated carbocycles. The summed E-state index contributed by atoms with van der Waals surface area (Å²) in [5, 5.41) is 10.1. The zero-order valence-electron chi connectivity index (χ0n) is 11.5. The van der Waals surface area contributed by atoms with E-state index in [9.17, 15) is 9.90 Å². The number of furan rings is 1. The molecule has 0 aliphatic carbocycles. The van der Waals surface area contributed by atoms with E-state index in [0.29, 0.717) is 18.7 Å². The van der Waals surface area contributed by atoms with Crippen molar-refractivity contribution in [1.29, 1.82) is 0 Å². The molecule has 0 aliphatic rings. The number of carbonyl (C=O) groups is 1. The van der Waals surface area contributed by atoms with Gasteiger partial charge in [-0.3, -0.25) is 4.79 Å². The predicted octanol–water partition coefficient (Wildman–Crippen LogP) is 2.75. The summed E-state index contributed by atoms with van der Waals surface area (Å²) in [7, 11) is 0. The lowest BCUT2D eigenvalue weighted by molar-refractivity contribution is -0.133. The summed E-state index contributed by atoms with van der Waals surface area (Å²) in [6.07, 6.45) is 1.13. The molecular formula is C16H19NO3. The standard InChI is InChI=1S/C16H19NO3/c1-2-16(19)17(11-13-7-4-3-5-8-13)12-14(18)15-9-6-10-20-15/h3-10,14,18H,2,11-12H2,1H3/t14-/m0/s1. The van der Waals surface area contributed by atoms with Gasteiger partial charge in [-0.1, -0.05) is 37.3 Å². The maximum absolute atomic E-state index is 12.0. The second-order valence-electron chi connectivity index (χ2n) is 4.64. The first-order valence-corrected chi connectivity index (χ1v) is 6.74. The zero-order chi connectivity index (χ0) is 14.4. The molecule has 0 unspecified atom stereocenters. The van der Waals surface area contributed by atoms with Crippen molar-refractivity contribution in [1.82, 2.24) is 4.90 Å². The summed E-state index contributed by atoms with van der Waals surface area (Å²) in [5.41, 5.74) is 1.04. The molecule has 20 heavy (non-hydrogen) atoms. The van der Waals surface area contributed by atoms with E-state index in [0.717, 1.165) is 5.56 Å². The largest absolute Gasteiger partial charge is 0.467 e. The van der Waals surface area contributed by atoms with E-state index in [-0.39, 0.29) is 12.5 Å². The minimum absolute atomic E-state index is 0.0134. The molecule has 0 radical (unpaired) electrons. The highest BCUT2D eigenvalue weighted by Gasteiger charge is 2.19. The van der Waals surface area contributed by atoms with E-state index in [1.54, 1.807) is 17.0 Å². The van der Waals surface area contributed by atoms with Crippen molar-refractivity contribution in [2.75, 3.05) is 6.54 Å². The van der Waals surface area contributed by atoms with Gasteiger partial charge in [-0.15, -0.1) is 0 Å². The Morgan fingerprint density at radius 1 is 1.25 bits per heavy atom. The number of aliphatic hydroxyl groups is 1. The molecule has 0 saturated heterocycles. The van der Waals surface area contributed by atoms with E-state index in [1.807, 2.05) is 37.3 Å². The van der Waals surface area contributed by atoms with Gasteiger partial charge >= 0.3 is 0 Å². The summed E-state index contributed by atoms with van der Waals surface area (Å²) in [5.74, 6) is 0.492. The molecule has 0 fully saturated rings. The first-order valence-electron chi connectivity index (χ1n) is 6.74. The van der Waals surface area contributed by atoms with Gasteiger partial charge in [0.1, 0.15) is 11.9 Å². The van der Waals surface area contributed by atoms with Gasteiger partial charge in [0, 0.05) is 13.0 Å². The fraction of sp³-hybridized carbons (Fsp3) is 0.312. The number of hydrogen-bond acceptors (Lipinski definition) is 3. The molecule has 4 heteroatoms. The fourth-order valence-corrected chi connectivity index (χ4v) is 2.06. The number of benzene rings is 1. The van der Waals surface area contributed by atoms with E-state index < -0.39 is 6.10 Å². The van der Waals surface area contributed by atoms with Crippen LogP contribution in [0.15, 0.2) is 53.1 Å². The summed E-state index contributed by atoms with van der Waals surface area (Å²) in [6.45, 7) is 2.54. The second kappa shape index (κ2) is 6.91. The van der Waals surface area contributed by atoms with Gasteiger partial charge in [-0.25, -0.2) is 0 Å². The molecule has 1 aromatic carbocycles. The van der Waals surface area contributed by atoms with Crippen LogP contribution in [0.25, 0.3) is 0 Å². The summed E-state index contributed by atoms with van der Waals surface area (Å²) in [6, 6.07) is 13.2. The lowest BCUT2D eigenvalue weighted by Crippen LogP contribution is -2.33. The lowest BCUT2D eigenvalue weighted by atomic mass is 10.2. The summed E-state index contributed by atoms with van der Waals surface area (Å²) >= 11 is 0. The van der Waals surface area contributed by atoms with Crippen molar-refractivity contribution in [3.63, 3.8) is 0 Å².